The normalized spacial score (nSPS) is 16.4. The molecule has 1 N–H and O–H groups in total. The number of carbonyl (C=O) groups excluding carboxylic acids is 3. The van der Waals surface area contributed by atoms with E-state index in [0.717, 1.165) is 5.56 Å². The van der Waals surface area contributed by atoms with Crippen LogP contribution in [0.25, 0.3) is 0 Å². The van der Waals surface area contributed by atoms with E-state index < -0.39 is 11.9 Å². The molecule has 0 spiro atoms. The minimum absolute atomic E-state index is 0.130. The van der Waals surface area contributed by atoms with Crippen LogP contribution in [0.15, 0.2) is 42.7 Å². The lowest BCUT2D eigenvalue weighted by Gasteiger charge is -2.22. The number of nitrogens with zero attached hydrogens (tertiary/aromatic N) is 3. The van der Waals surface area contributed by atoms with Gasteiger partial charge in [0.1, 0.15) is 30.9 Å². The van der Waals surface area contributed by atoms with Crippen LogP contribution in [0.4, 0.5) is 0 Å². The Labute approximate surface area is 160 Å². The molecule has 1 saturated heterocycles. The van der Waals surface area contributed by atoms with Gasteiger partial charge in [-0.3, -0.25) is 14.4 Å². The van der Waals surface area contributed by atoms with Gasteiger partial charge in [0.05, 0.1) is 5.75 Å². The third-order valence-electron chi connectivity index (χ3n) is 4.03. The van der Waals surface area contributed by atoms with Crippen molar-refractivity contribution in [1.82, 2.24) is 19.8 Å². The van der Waals surface area contributed by atoms with Crippen molar-refractivity contribution in [3.63, 3.8) is 0 Å². The molecule has 9 heteroatoms. The molecule has 0 radical (unpaired) electrons. The van der Waals surface area contributed by atoms with Gasteiger partial charge < -0.3 is 19.5 Å². The van der Waals surface area contributed by atoms with Gasteiger partial charge in [-0.2, -0.15) is 0 Å². The van der Waals surface area contributed by atoms with Crippen molar-refractivity contribution in [2.24, 2.45) is 7.05 Å². The fraction of sp³-hybridized carbons (Fsp3) is 0.333. The zero-order valence-corrected chi connectivity index (χ0v) is 15.6. The summed E-state index contributed by atoms with van der Waals surface area (Å²) in [4.78, 5) is 41.8. The van der Waals surface area contributed by atoms with Crippen LogP contribution in [0.1, 0.15) is 16.8 Å². The van der Waals surface area contributed by atoms with Crippen LogP contribution in [0.2, 0.25) is 0 Å². The molecule has 0 aliphatic carbocycles. The Balaban J connectivity index is 1.47. The molecule has 2 heterocycles. The average Bonchev–Trinajstić information content (AvgIpc) is 3.25. The summed E-state index contributed by atoms with van der Waals surface area (Å²) in [6.07, 6.45) is 3.44. The fourth-order valence-corrected chi connectivity index (χ4v) is 3.84. The van der Waals surface area contributed by atoms with E-state index in [1.165, 1.54) is 16.7 Å². The molecule has 3 rings (SSSR count). The monoisotopic (exact) mass is 388 g/mol. The number of aromatic nitrogens is 2. The second kappa shape index (κ2) is 8.72. The lowest BCUT2D eigenvalue weighted by atomic mass is 10.2. The summed E-state index contributed by atoms with van der Waals surface area (Å²) in [6, 6.07) is 9.28. The molecule has 8 nitrogen and oxygen atoms in total. The molecule has 1 aromatic carbocycles. The summed E-state index contributed by atoms with van der Waals surface area (Å²) < 4.78 is 6.94. The van der Waals surface area contributed by atoms with E-state index in [2.05, 4.69) is 10.3 Å². The van der Waals surface area contributed by atoms with Gasteiger partial charge in [-0.25, -0.2) is 4.98 Å². The Morgan fingerprint density at radius 2 is 2.11 bits per heavy atom. The highest BCUT2D eigenvalue weighted by Gasteiger charge is 2.36. The number of amides is 2. The number of hydrogen-bond acceptors (Lipinski definition) is 6. The minimum atomic E-state index is -0.532. The van der Waals surface area contributed by atoms with Crippen LogP contribution in [0.5, 0.6) is 0 Å². The van der Waals surface area contributed by atoms with Gasteiger partial charge in [-0.15, -0.1) is 11.8 Å². The van der Waals surface area contributed by atoms with Crippen LogP contribution in [0.3, 0.4) is 0 Å². The quantitative estimate of drug-likeness (QED) is 0.707. The Morgan fingerprint density at radius 1 is 1.33 bits per heavy atom. The highest BCUT2D eigenvalue weighted by Crippen LogP contribution is 2.37. The third kappa shape index (κ3) is 4.88. The van der Waals surface area contributed by atoms with E-state index in [9.17, 15) is 14.4 Å². The maximum absolute atomic E-state index is 12.2. The van der Waals surface area contributed by atoms with Gasteiger partial charge in [0, 0.05) is 19.4 Å². The Morgan fingerprint density at radius 3 is 2.81 bits per heavy atom. The molecule has 2 aromatic rings. The van der Waals surface area contributed by atoms with Gasteiger partial charge >= 0.3 is 5.97 Å². The summed E-state index contributed by atoms with van der Waals surface area (Å²) >= 11 is 1.42. The minimum Gasteiger partial charge on any atom is -0.460 e. The second-order valence-electron chi connectivity index (χ2n) is 6.00. The molecular weight excluding hydrogens is 368 g/mol. The topological polar surface area (TPSA) is 93.5 Å². The average molecular weight is 388 g/mol. The van der Waals surface area contributed by atoms with E-state index in [0.29, 0.717) is 11.6 Å². The summed E-state index contributed by atoms with van der Waals surface area (Å²) in [5.74, 6) is -0.0726. The van der Waals surface area contributed by atoms with Crippen molar-refractivity contribution >= 4 is 29.5 Å². The predicted molar refractivity (Wildman–Crippen MR) is 99.4 cm³/mol. The summed E-state index contributed by atoms with van der Waals surface area (Å²) in [5, 5.41) is 2.19. The van der Waals surface area contributed by atoms with Gasteiger partial charge in [0.15, 0.2) is 0 Å². The SMILES string of the molecule is Cn1ccnc1C1SCC(=O)N1CC(=O)NCC(=O)OCc1ccccc1. The van der Waals surface area contributed by atoms with E-state index >= 15 is 0 Å². The number of ether oxygens (including phenoxy) is 1. The molecule has 2 amide bonds. The maximum Gasteiger partial charge on any atom is 0.325 e. The van der Waals surface area contributed by atoms with Crippen LogP contribution < -0.4 is 5.32 Å². The second-order valence-corrected chi connectivity index (χ2v) is 7.07. The molecule has 27 heavy (non-hydrogen) atoms. The molecule has 1 aromatic heterocycles. The lowest BCUT2D eigenvalue weighted by Crippen LogP contribution is -2.41. The van der Waals surface area contributed by atoms with Crippen molar-refractivity contribution in [1.29, 1.82) is 0 Å². The molecule has 1 unspecified atom stereocenters. The van der Waals surface area contributed by atoms with Gasteiger partial charge in [0.2, 0.25) is 11.8 Å². The zero-order valence-electron chi connectivity index (χ0n) is 14.8. The molecule has 1 fully saturated rings. The largest absolute Gasteiger partial charge is 0.460 e. The molecule has 0 saturated carbocycles. The van der Waals surface area contributed by atoms with E-state index in [1.807, 2.05) is 41.9 Å². The number of thioether (sulfide) groups is 1. The standard InChI is InChI=1S/C18H20N4O4S/c1-21-8-7-19-17(21)18-22(15(24)12-27-18)10-14(23)20-9-16(25)26-11-13-5-3-2-4-6-13/h2-8,18H,9-12H2,1H3,(H,20,23). The highest BCUT2D eigenvalue weighted by molar-refractivity contribution is 8.00. The van der Waals surface area contributed by atoms with Crippen molar-refractivity contribution in [2.45, 2.75) is 12.0 Å². The number of benzene rings is 1. The molecular formula is C18H20N4O4S. The Bertz CT molecular complexity index is 824. The summed E-state index contributed by atoms with van der Waals surface area (Å²) in [6.45, 7) is -0.221. The first-order valence-corrected chi connectivity index (χ1v) is 9.44. The smallest absolute Gasteiger partial charge is 0.325 e. The van der Waals surface area contributed by atoms with Gasteiger partial charge in [-0.1, -0.05) is 30.3 Å². The summed E-state index contributed by atoms with van der Waals surface area (Å²) in [5.41, 5.74) is 0.870. The van der Waals surface area contributed by atoms with Gasteiger partial charge in [0.25, 0.3) is 0 Å². The van der Waals surface area contributed by atoms with Crippen LogP contribution in [0, 0.1) is 0 Å². The first-order chi connectivity index (χ1) is 13.0. The predicted octanol–water partition coefficient (Wildman–Crippen LogP) is 0.854. The van der Waals surface area contributed by atoms with Crippen molar-refractivity contribution < 1.29 is 19.1 Å². The first-order valence-electron chi connectivity index (χ1n) is 8.39. The molecule has 1 atom stereocenters. The lowest BCUT2D eigenvalue weighted by molar-refractivity contribution is -0.145. The van der Waals surface area contributed by atoms with Crippen LogP contribution >= 0.6 is 11.8 Å². The number of nitrogens with one attached hydrogen (secondary N) is 1. The van der Waals surface area contributed by atoms with E-state index in [1.54, 1.807) is 12.4 Å². The number of rotatable bonds is 7. The number of aryl methyl sites for hydroxylation is 1. The zero-order chi connectivity index (χ0) is 19.2. The molecule has 0 bridgehead atoms. The Kier molecular flexibility index (Phi) is 6.12. The van der Waals surface area contributed by atoms with Gasteiger partial charge in [-0.05, 0) is 5.56 Å². The number of hydrogen-bond donors (Lipinski definition) is 1. The molecule has 1 aliphatic heterocycles. The number of carbonyl (C=O) groups is 3. The van der Waals surface area contributed by atoms with Crippen molar-refractivity contribution in [3.05, 3.63) is 54.1 Å². The molecule has 142 valence electrons. The Hall–Kier alpha value is -2.81. The van der Waals surface area contributed by atoms with Crippen molar-refractivity contribution in [2.75, 3.05) is 18.8 Å². The van der Waals surface area contributed by atoms with E-state index in [4.69, 9.17) is 4.74 Å². The molecule has 1 aliphatic rings. The number of imidazole rings is 1. The van der Waals surface area contributed by atoms with E-state index in [-0.39, 0.29) is 31.0 Å². The third-order valence-corrected chi connectivity index (χ3v) is 5.23. The van der Waals surface area contributed by atoms with Crippen molar-refractivity contribution in [3.8, 4) is 0 Å². The van der Waals surface area contributed by atoms with Crippen LogP contribution in [-0.4, -0.2) is 51.1 Å². The maximum atomic E-state index is 12.2. The van der Waals surface area contributed by atoms with Crippen LogP contribution in [-0.2, 0) is 32.8 Å². The fourth-order valence-electron chi connectivity index (χ4n) is 2.62. The summed E-state index contributed by atoms with van der Waals surface area (Å²) in [7, 11) is 1.84. The number of esters is 1. The highest BCUT2D eigenvalue weighted by atomic mass is 32.2. The first kappa shape index (κ1) is 19.0.